The van der Waals surface area contributed by atoms with E-state index in [-0.39, 0.29) is 0 Å². The molecule has 2 N–H and O–H groups in total. The summed E-state index contributed by atoms with van der Waals surface area (Å²) < 4.78 is 5.26. The average molecular weight is 285 g/mol. The molecule has 6 nitrogen and oxygen atoms in total. The summed E-state index contributed by atoms with van der Waals surface area (Å²) in [6.45, 7) is 4.81. The molecule has 0 spiro atoms. The van der Waals surface area contributed by atoms with Crippen LogP contribution in [-0.2, 0) is 11.3 Å². The second kappa shape index (κ2) is 8.71. The molecule has 1 aromatic heterocycles. The largest absolute Gasteiger partial charge is 0.380 e. The normalized spacial score (nSPS) is 11.5. The topological polar surface area (TPSA) is 61.8 Å². The van der Waals surface area contributed by atoms with Crippen molar-refractivity contribution in [2.45, 2.75) is 13.5 Å². The van der Waals surface area contributed by atoms with Crippen LogP contribution in [0.3, 0.4) is 0 Å². The fraction of sp³-hybridized carbons (Fsp3) is 0.667. The third-order valence-corrected chi connectivity index (χ3v) is 3.38. The van der Waals surface area contributed by atoms with Crippen molar-refractivity contribution in [3.05, 3.63) is 11.1 Å². The predicted molar refractivity (Wildman–Crippen MR) is 81.1 cm³/mol. The van der Waals surface area contributed by atoms with E-state index in [1.54, 1.807) is 18.4 Å². The Labute approximate surface area is 118 Å². The fourth-order valence-corrected chi connectivity index (χ4v) is 2.12. The summed E-state index contributed by atoms with van der Waals surface area (Å²) in [5.41, 5.74) is 1.02. The van der Waals surface area contributed by atoms with E-state index in [0.717, 1.165) is 29.9 Å². The minimum Gasteiger partial charge on any atom is -0.380 e. The van der Waals surface area contributed by atoms with Crippen molar-refractivity contribution in [2.75, 3.05) is 45.8 Å². The lowest BCUT2D eigenvalue weighted by atomic mass is 10.5. The first kappa shape index (κ1) is 15.7. The molecule has 0 aliphatic carbocycles. The minimum atomic E-state index is 0.665. The van der Waals surface area contributed by atoms with Gasteiger partial charge in [-0.15, -0.1) is 11.3 Å². The third kappa shape index (κ3) is 5.89. The quantitative estimate of drug-likeness (QED) is 0.443. The lowest BCUT2D eigenvalue weighted by Gasteiger charge is -2.11. The highest BCUT2D eigenvalue weighted by molar-refractivity contribution is 7.13. The first-order valence-corrected chi connectivity index (χ1v) is 7.19. The van der Waals surface area contributed by atoms with Gasteiger partial charge < -0.3 is 20.3 Å². The number of hydrogen-bond donors (Lipinski definition) is 2. The zero-order chi connectivity index (χ0) is 14.1. The third-order valence-electron chi connectivity index (χ3n) is 2.33. The number of aromatic nitrogens is 1. The summed E-state index contributed by atoms with van der Waals surface area (Å²) in [5, 5.41) is 9.47. The Kier molecular flexibility index (Phi) is 7.20. The molecule has 0 radical (unpaired) electrons. The fourth-order valence-electron chi connectivity index (χ4n) is 1.36. The van der Waals surface area contributed by atoms with Gasteiger partial charge in [0.2, 0.25) is 0 Å². The number of anilines is 1. The SMILES string of the molecule is CCOCCNC(=NC)NCc1csc(N(C)C)n1. The molecule has 0 fully saturated rings. The summed E-state index contributed by atoms with van der Waals surface area (Å²) in [6, 6.07) is 0. The molecule has 19 heavy (non-hydrogen) atoms. The predicted octanol–water partition coefficient (Wildman–Crippen LogP) is 0.911. The van der Waals surface area contributed by atoms with Crippen LogP contribution in [0, 0.1) is 0 Å². The molecule has 0 saturated carbocycles. The van der Waals surface area contributed by atoms with E-state index in [1.165, 1.54) is 0 Å². The van der Waals surface area contributed by atoms with Crippen LogP contribution in [0.4, 0.5) is 5.13 Å². The smallest absolute Gasteiger partial charge is 0.191 e. The summed E-state index contributed by atoms with van der Waals surface area (Å²) >= 11 is 1.64. The van der Waals surface area contributed by atoms with Gasteiger partial charge in [-0.25, -0.2) is 4.98 Å². The van der Waals surface area contributed by atoms with E-state index >= 15 is 0 Å². The van der Waals surface area contributed by atoms with Gasteiger partial charge in [0.25, 0.3) is 0 Å². The van der Waals surface area contributed by atoms with Gasteiger partial charge in [0.05, 0.1) is 18.8 Å². The van der Waals surface area contributed by atoms with E-state index < -0.39 is 0 Å². The van der Waals surface area contributed by atoms with Crippen molar-refractivity contribution >= 4 is 22.4 Å². The maximum atomic E-state index is 5.26. The molecule has 0 atom stereocenters. The molecular weight excluding hydrogens is 262 g/mol. The molecule has 0 bridgehead atoms. The first-order valence-electron chi connectivity index (χ1n) is 6.31. The molecular formula is C12H23N5OS. The summed E-state index contributed by atoms with van der Waals surface area (Å²) in [6.07, 6.45) is 0. The molecule has 0 aliphatic rings. The van der Waals surface area contributed by atoms with Crippen LogP contribution in [0.1, 0.15) is 12.6 Å². The standard InChI is InChI=1S/C12H23N5OS/c1-5-18-7-6-14-11(13-2)15-8-10-9-19-12(16-10)17(3)4/h9H,5-8H2,1-4H3,(H2,13,14,15). The summed E-state index contributed by atoms with van der Waals surface area (Å²) in [7, 11) is 5.73. The molecule has 0 aliphatic heterocycles. The highest BCUT2D eigenvalue weighted by Crippen LogP contribution is 2.17. The molecule has 1 aromatic rings. The highest BCUT2D eigenvalue weighted by Gasteiger charge is 2.04. The van der Waals surface area contributed by atoms with Gasteiger partial charge in [0, 0.05) is 39.7 Å². The number of aliphatic imine (C=N–C) groups is 1. The Morgan fingerprint density at radius 3 is 2.84 bits per heavy atom. The number of guanidine groups is 1. The van der Waals surface area contributed by atoms with E-state index in [1.807, 2.05) is 25.9 Å². The number of nitrogens with one attached hydrogen (secondary N) is 2. The highest BCUT2D eigenvalue weighted by atomic mass is 32.1. The van der Waals surface area contributed by atoms with Crippen LogP contribution < -0.4 is 15.5 Å². The van der Waals surface area contributed by atoms with Crippen LogP contribution in [0.25, 0.3) is 0 Å². The molecule has 108 valence electrons. The maximum Gasteiger partial charge on any atom is 0.191 e. The number of rotatable bonds is 7. The van der Waals surface area contributed by atoms with Gasteiger partial charge in [0.15, 0.2) is 11.1 Å². The lowest BCUT2D eigenvalue weighted by molar-refractivity contribution is 0.152. The number of hydrogen-bond acceptors (Lipinski definition) is 5. The second-order valence-electron chi connectivity index (χ2n) is 4.07. The van der Waals surface area contributed by atoms with Crippen LogP contribution >= 0.6 is 11.3 Å². The maximum absolute atomic E-state index is 5.26. The molecule has 1 rings (SSSR count). The monoisotopic (exact) mass is 285 g/mol. The number of nitrogens with zero attached hydrogens (tertiary/aromatic N) is 3. The molecule has 0 aromatic carbocycles. The van der Waals surface area contributed by atoms with Crippen molar-refractivity contribution in [3.63, 3.8) is 0 Å². The van der Waals surface area contributed by atoms with Crippen molar-refractivity contribution in [1.29, 1.82) is 0 Å². The molecule has 0 unspecified atom stereocenters. The molecule has 0 amide bonds. The zero-order valence-corrected chi connectivity index (χ0v) is 12.9. The molecule has 1 heterocycles. The first-order chi connectivity index (χ1) is 9.17. The lowest BCUT2D eigenvalue weighted by Crippen LogP contribution is -2.38. The van der Waals surface area contributed by atoms with Gasteiger partial charge in [-0.2, -0.15) is 0 Å². The summed E-state index contributed by atoms with van der Waals surface area (Å²) in [5.74, 6) is 0.763. The Morgan fingerprint density at radius 2 is 2.26 bits per heavy atom. The van der Waals surface area contributed by atoms with E-state index in [9.17, 15) is 0 Å². The molecule has 0 saturated heterocycles. The van der Waals surface area contributed by atoms with Gasteiger partial charge in [-0.3, -0.25) is 4.99 Å². The van der Waals surface area contributed by atoms with Crippen LogP contribution in [-0.4, -0.2) is 51.8 Å². The van der Waals surface area contributed by atoms with Crippen molar-refractivity contribution in [1.82, 2.24) is 15.6 Å². The van der Waals surface area contributed by atoms with E-state index in [4.69, 9.17) is 4.74 Å². The van der Waals surface area contributed by atoms with E-state index in [2.05, 4.69) is 26.0 Å². The summed E-state index contributed by atoms with van der Waals surface area (Å²) in [4.78, 5) is 10.7. The second-order valence-corrected chi connectivity index (χ2v) is 4.90. The van der Waals surface area contributed by atoms with Gasteiger partial charge in [-0.1, -0.05) is 0 Å². The van der Waals surface area contributed by atoms with Crippen LogP contribution in [0.15, 0.2) is 10.4 Å². The Balaban J connectivity index is 2.32. The Bertz CT molecular complexity index is 391. The molecule has 7 heteroatoms. The average Bonchev–Trinajstić information content (AvgIpc) is 2.87. The number of ether oxygens (including phenoxy) is 1. The van der Waals surface area contributed by atoms with Crippen molar-refractivity contribution in [2.24, 2.45) is 4.99 Å². The van der Waals surface area contributed by atoms with Crippen molar-refractivity contribution in [3.8, 4) is 0 Å². The van der Waals surface area contributed by atoms with Gasteiger partial charge in [-0.05, 0) is 6.92 Å². The zero-order valence-electron chi connectivity index (χ0n) is 12.1. The van der Waals surface area contributed by atoms with Crippen LogP contribution in [0.5, 0.6) is 0 Å². The van der Waals surface area contributed by atoms with E-state index in [0.29, 0.717) is 13.2 Å². The van der Waals surface area contributed by atoms with Crippen molar-refractivity contribution < 1.29 is 4.74 Å². The van der Waals surface area contributed by atoms with Gasteiger partial charge in [0.1, 0.15) is 0 Å². The Morgan fingerprint density at radius 1 is 1.47 bits per heavy atom. The Hall–Kier alpha value is -1.34. The number of thiazole rings is 1. The van der Waals surface area contributed by atoms with Gasteiger partial charge >= 0.3 is 0 Å². The van der Waals surface area contributed by atoms with Crippen LogP contribution in [0.2, 0.25) is 0 Å². The minimum absolute atomic E-state index is 0.665.